The number of methoxy groups -OCH3 is 1. The minimum Gasteiger partial charge on any atom is -0.353 e. The van der Waals surface area contributed by atoms with Crippen molar-refractivity contribution in [1.29, 1.82) is 0 Å². The highest BCUT2D eigenvalue weighted by Crippen LogP contribution is 2.41. The Morgan fingerprint density at radius 3 is 2.21 bits per heavy atom. The zero-order valence-corrected chi connectivity index (χ0v) is 12.0. The molecule has 6 nitrogen and oxygen atoms in total. The molecule has 0 radical (unpaired) electrons. The van der Waals surface area contributed by atoms with Crippen LogP contribution in [0.25, 0.3) is 0 Å². The van der Waals surface area contributed by atoms with Gasteiger partial charge >= 0.3 is 0 Å². The third-order valence-corrected chi connectivity index (χ3v) is 3.68. The molecule has 3 saturated heterocycles. The molecule has 0 amide bonds. The molecular formula is C13H22O6. The van der Waals surface area contributed by atoms with E-state index in [1.807, 2.05) is 27.7 Å². The Balaban J connectivity index is 1.85. The predicted octanol–water partition coefficient (Wildman–Crippen LogP) is 1.03. The first-order valence-corrected chi connectivity index (χ1v) is 6.67. The van der Waals surface area contributed by atoms with Gasteiger partial charge in [0.25, 0.3) is 0 Å². The first kappa shape index (κ1) is 13.7. The van der Waals surface area contributed by atoms with E-state index < -0.39 is 17.9 Å². The molecule has 0 aromatic carbocycles. The molecule has 3 fully saturated rings. The van der Waals surface area contributed by atoms with Crippen molar-refractivity contribution in [2.24, 2.45) is 0 Å². The van der Waals surface area contributed by atoms with Crippen LogP contribution in [0.15, 0.2) is 0 Å². The van der Waals surface area contributed by atoms with E-state index in [1.54, 1.807) is 7.11 Å². The topological polar surface area (TPSA) is 55.4 Å². The largest absolute Gasteiger partial charge is 0.353 e. The lowest BCUT2D eigenvalue weighted by Gasteiger charge is -2.48. The van der Waals surface area contributed by atoms with Crippen LogP contribution in [0, 0.1) is 0 Å². The summed E-state index contributed by atoms with van der Waals surface area (Å²) in [7, 11) is 1.60. The lowest BCUT2D eigenvalue weighted by atomic mass is 9.97. The number of hydrogen-bond acceptors (Lipinski definition) is 6. The fourth-order valence-electron chi connectivity index (χ4n) is 2.93. The molecule has 5 atom stereocenters. The fourth-order valence-corrected chi connectivity index (χ4v) is 2.93. The maximum absolute atomic E-state index is 5.98. The molecule has 3 heterocycles. The van der Waals surface area contributed by atoms with Crippen LogP contribution in [0.1, 0.15) is 27.7 Å². The van der Waals surface area contributed by atoms with E-state index in [0.717, 1.165) is 0 Å². The van der Waals surface area contributed by atoms with Crippen molar-refractivity contribution in [3.63, 3.8) is 0 Å². The summed E-state index contributed by atoms with van der Waals surface area (Å²) in [5.41, 5.74) is 0. The van der Waals surface area contributed by atoms with Crippen molar-refractivity contribution in [3.05, 3.63) is 0 Å². The van der Waals surface area contributed by atoms with Crippen LogP contribution in [0.5, 0.6) is 0 Å². The zero-order valence-electron chi connectivity index (χ0n) is 12.0. The van der Waals surface area contributed by atoms with Gasteiger partial charge in [0.2, 0.25) is 0 Å². The number of fused-ring (bicyclic) bond motifs is 3. The Kier molecular flexibility index (Phi) is 3.16. The average molecular weight is 274 g/mol. The van der Waals surface area contributed by atoms with Crippen LogP contribution in [-0.4, -0.2) is 56.0 Å². The molecule has 6 heteroatoms. The van der Waals surface area contributed by atoms with Gasteiger partial charge in [-0.05, 0) is 27.7 Å². The maximum Gasteiger partial charge on any atom is 0.186 e. The quantitative estimate of drug-likeness (QED) is 0.712. The highest BCUT2D eigenvalue weighted by Gasteiger charge is 2.58. The van der Waals surface area contributed by atoms with Crippen LogP contribution in [0.2, 0.25) is 0 Å². The van der Waals surface area contributed by atoms with Crippen molar-refractivity contribution in [2.45, 2.75) is 70.0 Å². The molecule has 0 N–H and O–H groups in total. The number of ether oxygens (including phenoxy) is 6. The van der Waals surface area contributed by atoms with Crippen molar-refractivity contribution in [3.8, 4) is 0 Å². The monoisotopic (exact) mass is 274 g/mol. The van der Waals surface area contributed by atoms with Crippen LogP contribution in [0.4, 0.5) is 0 Å². The molecule has 0 aromatic rings. The summed E-state index contributed by atoms with van der Waals surface area (Å²) in [5.74, 6) is -1.29. The minimum absolute atomic E-state index is 0.197. The highest BCUT2D eigenvalue weighted by atomic mass is 16.8. The molecule has 0 saturated carbocycles. The molecule has 3 rings (SSSR count). The van der Waals surface area contributed by atoms with Crippen LogP contribution in [-0.2, 0) is 28.4 Å². The average Bonchev–Trinajstić information content (AvgIpc) is 2.63. The minimum atomic E-state index is -0.657. The SMILES string of the molecule is COC1O[C@@H]2COC(C)(C)O[C@H]2[C@@H]2OC(C)(C)O[C@H]12. The Morgan fingerprint density at radius 2 is 1.53 bits per heavy atom. The molecule has 0 aromatic heterocycles. The number of rotatable bonds is 1. The van der Waals surface area contributed by atoms with Gasteiger partial charge in [-0.25, -0.2) is 0 Å². The van der Waals surface area contributed by atoms with Crippen LogP contribution >= 0.6 is 0 Å². The van der Waals surface area contributed by atoms with Crippen molar-refractivity contribution >= 4 is 0 Å². The molecule has 3 aliphatic rings. The third kappa shape index (κ3) is 2.41. The molecule has 0 aliphatic carbocycles. The molecule has 0 spiro atoms. The lowest BCUT2D eigenvalue weighted by molar-refractivity contribution is -0.368. The molecule has 0 bridgehead atoms. The van der Waals surface area contributed by atoms with Gasteiger partial charge < -0.3 is 28.4 Å². The maximum atomic E-state index is 5.98. The number of hydrogen-bond donors (Lipinski definition) is 0. The summed E-state index contributed by atoms with van der Waals surface area (Å²) in [6, 6.07) is 0. The Bertz CT molecular complexity index is 355. The van der Waals surface area contributed by atoms with Gasteiger partial charge in [0.05, 0.1) is 6.61 Å². The van der Waals surface area contributed by atoms with Gasteiger partial charge in [0.15, 0.2) is 17.9 Å². The van der Waals surface area contributed by atoms with E-state index in [9.17, 15) is 0 Å². The summed E-state index contributed by atoms with van der Waals surface area (Å²) < 4.78 is 34.7. The Hall–Kier alpha value is -0.240. The molecule has 110 valence electrons. The van der Waals surface area contributed by atoms with E-state index >= 15 is 0 Å². The predicted molar refractivity (Wildman–Crippen MR) is 64.4 cm³/mol. The Labute approximate surface area is 113 Å². The smallest absolute Gasteiger partial charge is 0.186 e. The summed E-state index contributed by atoms with van der Waals surface area (Å²) in [6.45, 7) is 8.02. The van der Waals surface area contributed by atoms with Gasteiger partial charge in [-0.15, -0.1) is 0 Å². The van der Waals surface area contributed by atoms with E-state index in [4.69, 9.17) is 28.4 Å². The second-order valence-corrected chi connectivity index (χ2v) is 6.14. The molecule has 3 aliphatic heterocycles. The third-order valence-electron chi connectivity index (χ3n) is 3.68. The van der Waals surface area contributed by atoms with E-state index in [0.29, 0.717) is 6.61 Å². The summed E-state index contributed by atoms with van der Waals surface area (Å²) in [5, 5.41) is 0. The first-order chi connectivity index (χ1) is 8.81. The van der Waals surface area contributed by atoms with Crippen molar-refractivity contribution in [2.75, 3.05) is 13.7 Å². The van der Waals surface area contributed by atoms with Gasteiger partial charge in [-0.2, -0.15) is 0 Å². The Morgan fingerprint density at radius 1 is 0.895 bits per heavy atom. The second-order valence-electron chi connectivity index (χ2n) is 6.14. The molecule has 19 heavy (non-hydrogen) atoms. The van der Waals surface area contributed by atoms with Gasteiger partial charge in [0.1, 0.15) is 24.4 Å². The van der Waals surface area contributed by atoms with Crippen molar-refractivity contribution in [1.82, 2.24) is 0 Å². The molecule has 1 unspecified atom stereocenters. The highest BCUT2D eigenvalue weighted by molar-refractivity contribution is 4.99. The van der Waals surface area contributed by atoms with Gasteiger partial charge in [-0.3, -0.25) is 0 Å². The fraction of sp³-hybridized carbons (Fsp3) is 1.00. The summed E-state index contributed by atoms with van der Waals surface area (Å²) in [6.07, 6.45) is -1.35. The zero-order chi connectivity index (χ0) is 13.8. The lowest BCUT2D eigenvalue weighted by Crippen LogP contribution is -2.63. The van der Waals surface area contributed by atoms with E-state index in [2.05, 4.69) is 0 Å². The second kappa shape index (κ2) is 4.38. The normalized spacial score (nSPS) is 47.5. The molecular weight excluding hydrogens is 252 g/mol. The van der Waals surface area contributed by atoms with Crippen LogP contribution < -0.4 is 0 Å². The van der Waals surface area contributed by atoms with E-state index in [1.165, 1.54) is 0 Å². The van der Waals surface area contributed by atoms with Crippen molar-refractivity contribution < 1.29 is 28.4 Å². The summed E-state index contributed by atoms with van der Waals surface area (Å²) >= 11 is 0. The van der Waals surface area contributed by atoms with Gasteiger partial charge in [0, 0.05) is 7.11 Å². The first-order valence-electron chi connectivity index (χ1n) is 6.67. The standard InChI is InChI=1S/C13H22O6/c1-12(2)15-6-7-8(17-12)9-10(11(14-5)16-7)19-13(3,4)18-9/h7-11H,6H2,1-5H3/t7-,8-,9+,10+,11?/m1/s1. The van der Waals surface area contributed by atoms with Gasteiger partial charge in [-0.1, -0.05) is 0 Å². The van der Waals surface area contributed by atoms with Crippen LogP contribution in [0.3, 0.4) is 0 Å². The summed E-state index contributed by atoms with van der Waals surface area (Å²) in [4.78, 5) is 0. The van der Waals surface area contributed by atoms with E-state index in [-0.39, 0.29) is 24.4 Å².